The Hall–Kier alpha value is -3.10. The SMILES string of the molecule is COc1ccc([C@H]2O[C@@H](C(=O)O)[C@H](c3ccccc3)N2NC(=O)OC(C)(C)C)cc1. The molecule has 160 valence electrons. The normalized spacial score (nSPS) is 21.8. The average Bonchev–Trinajstić information content (AvgIpc) is 3.06. The molecule has 0 radical (unpaired) electrons. The van der Waals surface area contributed by atoms with Gasteiger partial charge in [-0.2, -0.15) is 5.01 Å². The molecule has 0 bridgehead atoms. The fourth-order valence-corrected chi connectivity index (χ4v) is 3.29. The summed E-state index contributed by atoms with van der Waals surface area (Å²) < 4.78 is 16.5. The van der Waals surface area contributed by atoms with Crippen LogP contribution < -0.4 is 10.2 Å². The van der Waals surface area contributed by atoms with Gasteiger partial charge in [0.15, 0.2) is 12.3 Å². The highest BCUT2D eigenvalue weighted by atomic mass is 16.6. The summed E-state index contributed by atoms with van der Waals surface area (Å²) in [6.45, 7) is 5.26. The first kappa shape index (κ1) is 21.6. The minimum Gasteiger partial charge on any atom is -0.497 e. The molecule has 1 heterocycles. The molecule has 2 aromatic carbocycles. The molecule has 1 aliphatic heterocycles. The second-order valence-electron chi connectivity index (χ2n) is 7.90. The number of carboxylic acids is 1. The van der Waals surface area contributed by atoms with Gasteiger partial charge in [-0.1, -0.05) is 42.5 Å². The first-order valence-electron chi connectivity index (χ1n) is 9.55. The quantitative estimate of drug-likeness (QED) is 0.771. The van der Waals surface area contributed by atoms with Crippen molar-refractivity contribution in [1.29, 1.82) is 0 Å². The lowest BCUT2D eigenvalue weighted by molar-refractivity contribution is -0.150. The van der Waals surface area contributed by atoms with Gasteiger partial charge in [-0.05, 0) is 44.0 Å². The summed E-state index contributed by atoms with van der Waals surface area (Å²) in [6.07, 6.45) is -2.74. The Kier molecular flexibility index (Phi) is 6.28. The Bertz CT molecular complexity index is 879. The van der Waals surface area contributed by atoms with Crippen LogP contribution in [0.4, 0.5) is 4.79 Å². The fraction of sp³-hybridized carbons (Fsp3) is 0.364. The van der Waals surface area contributed by atoms with Crippen LogP contribution in [-0.4, -0.2) is 41.0 Å². The number of aliphatic carboxylic acids is 1. The van der Waals surface area contributed by atoms with Crippen LogP contribution >= 0.6 is 0 Å². The molecular formula is C22H26N2O6. The van der Waals surface area contributed by atoms with Crippen molar-refractivity contribution in [3.05, 3.63) is 65.7 Å². The molecule has 0 aliphatic carbocycles. The lowest BCUT2D eigenvalue weighted by Crippen LogP contribution is -2.46. The van der Waals surface area contributed by atoms with Gasteiger partial charge in [0.05, 0.1) is 13.2 Å². The summed E-state index contributed by atoms with van der Waals surface area (Å²) in [5.74, 6) is -0.478. The molecule has 2 N–H and O–H groups in total. The highest BCUT2D eigenvalue weighted by molar-refractivity contribution is 5.74. The minimum absolute atomic E-state index is 0.651. The number of amides is 1. The predicted octanol–water partition coefficient (Wildman–Crippen LogP) is 3.66. The Labute approximate surface area is 175 Å². The van der Waals surface area contributed by atoms with E-state index in [4.69, 9.17) is 14.2 Å². The zero-order valence-corrected chi connectivity index (χ0v) is 17.4. The number of carboxylic acid groups (broad SMARTS) is 1. The number of carbonyl (C=O) groups excluding carboxylic acids is 1. The van der Waals surface area contributed by atoms with Crippen molar-refractivity contribution in [3.8, 4) is 5.75 Å². The second kappa shape index (κ2) is 8.73. The molecule has 8 heteroatoms. The highest BCUT2D eigenvalue weighted by Crippen LogP contribution is 2.42. The highest BCUT2D eigenvalue weighted by Gasteiger charge is 2.48. The largest absolute Gasteiger partial charge is 0.497 e. The number of carbonyl (C=O) groups is 2. The maximum atomic E-state index is 12.5. The number of rotatable bonds is 5. The van der Waals surface area contributed by atoms with Gasteiger partial charge in [0.2, 0.25) is 0 Å². The standard InChI is InChI=1S/C22H26N2O6/c1-22(2,3)30-21(27)23-24-17(14-8-6-5-7-9-14)18(20(25)26)29-19(24)15-10-12-16(28-4)13-11-15/h5-13,17-19H,1-4H3,(H,23,27)(H,25,26)/t17-,18+,19+/m0/s1. The van der Waals surface area contributed by atoms with E-state index in [1.54, 1.807) is 76.4 Å². The van der Waals surface area contributed by atoms with Crippen LogP contribution in [0.3, 0.4) is 0 Å². The predicted molar refractivity (Wildman–Crippen MR) is 109 cm³/mol. The van der Waals surface area contributed by atoms with Gasteiger partial charge < -0.3 is 19.3 Å². The number of methoxy groups -OCH3 is 1. The summed E-state index contributed by atoms with van der Waals surface area (Å²) in [5, 5.41) is 11.3. The van der Waals surface area contributed by atoms with E-state index < -0.39 is 36.0 Å². The monoisotopic (exact) mass is 414 g/mol. The van der Waals surface area contributed by atoms with Crippen LogP contribution in [0.2, 0.25) is 0 Å². The van der Waals surface area contributed by atoms with E-state index in [1.165, 1.54) is 5.01 Å². The second-order valence-corrected chi connectivity index (χ2v) is 7.90. The smallest absolute Gasteiger partial charge is 0.422 e. The molecule has 1 saturated heterocycles. The molecule has 0 aromatic heterocycles. The van der Waals surface area contributed by atoms with E-state index in [1.807, 2.05) is 6.07 Å². The van der Waals surface area contributed by atoms with Gasteiger partial charge in [-0.15, -0.1) is 0 Å². The van der Waals surface area contributed by atoms with Gasteiger partial charge in [0, 0.05) is 0 Å². The Morgan fingerprint density at radius 1 is 1.03 bits per heavy atom. The van der Waals surface area contributed by atoms with Crippen molar-refractivity contribution in [2.75, 3.05) is 7.11 Å². The van der Waals surface area contributed by atoms with E-state index in [0.717, 1.165) is 0 Å². The van der Waals surface area contributed by atoms with Crippen LogP contribution in [0, 0.1) is 0 Å². The number of ether oxygens (including phenoxy) is 3. The molecule has 1 aliphatic rings. The fourth-order valence-electron chi connectivity index (χ4n) is 3.29. The van der Waals surface area contributed by atoms with Crippen molar-refractivity contribution < 1.29 is 28.9 Å². The first-order chi connectivity index (χ1) is 14.2. The number of hydrogen-bond acceptors (Lipinski definition) is 6. The molecule has 30 heavy (non-hydrogen) atoms. The van der Waals surface area contributed by atoms with E-state index in [0.29, 0.717) is 16.9 Å². The lowest BCUT2D eigenvalue weighted by atomic mass is 10.0. The maximum Gasteiger partial charge on any atom is 0.422 e. The van der Waals surface area contributed by atoms with Gasteiger partial charge in [-0.25, -0.2) is 9.59 Å². The van der Waals surface area contributed by atoms with Gasteiger partial charge in [0.1, 0.15) is 11.4 Å². The molecule has 0 saturated carbocycles. The number of hydrogen-bond donors (Lipinski definition) is 2. The minimum atomic E-state index is -1.20. The number of benzene rings is 2. The summed E-state index contributed by atoms with van der Waals surface area (Å²) in [5.41, 5.74) is 3.34. The van der Waals surface area contributed by atoms with Crippen molar-refractivity contribution >= 4 is 12.1 Å². The van der Waals surface area contributed by atoms with E-state index in [-0.39, 0.29) is 0 Å². The Morgan fingerprint density at radius 3 is 2.20 bits per heavy atom. The van der Waals surface area contributed by atoms with Gasteiger partial charge in [-0.3, -0.25) is 5.43 Å². The third kappa shape index (κ3) is 4.90. The molecule has 1 fully saturated rings. The molecule has 1 amide bonds. The van der Waals surface area contributed by atoms with Crippen LogP contribution in [0.1, 0.15) is 44.2 Å². The van der Waals surface area contributed by atoms with Crippen molar-refractivity contribution in [2.24, 2.45) is 0 Å². The van der Waals surface area contributed by atoms with Crippen molar-refractivity contribution in [2.45, 2.75) is 44.7 Å². The number of hydrazine groups is 1. The molecule has 2 aromatic rings. The zero-order valence-electron chi connectivity index (χ0n) is 17.4. The number of nitrogens with one attached hydrogen (secondary N) is 1. The van der Waals surface area contributed by atoms with E-state index in [2.05, 4.69) is 5.43 Å². The summed E-state index contributed by atoms with van der Waals surface area (Å²) >= 11 is 0. The Balaban J connectivity index is 2.00. The topological polar surface area (TPSA) is 97.3 Å². The van der Waals surface area contributed by atoms with Crippen molar-refractivity contribution in [3.63, 3.8) is 0 Å². The molecule has 8 nitrogen and oxygen atoms in total. The van der Waals surface area contributed by atoms with Crippen LogP contribution in [0.25, 0.3) is 0 Å². The maximum absolute atomic E-state index is 12.5. The van der Waals surface area contributed by atoms with Gasteiger partial charge in [0.25, 0.3) is 0 Å². The van der Waals surface area contributed by atoms with Crippen LogP contribution in [0.15, 0.2) is 54.6 Å². The van der Waals surface area contributed by atoms with Gasteiger partial charge >= 0.3 is 12.1 Å². The third-order valence-corrected chi connectivity index (χ3v) is 4.52. The van der Waals surface area contributed by atoms with Crippen molar-refractivity contribution in [1.82, 2.24) is 10.4 Å². The summed E-state index contributed by atoms with van der Waals surface area (Å²) in [6, 6.07) is 15.3. The first-order valence-corrected chi connectivity index (χ1v) is 9.55. The molecule has 0 unspecified atom stereocenters. The number of nitrogens with zero attached hydrogens (tertiary/aromatic N) is 1. The third-order valence-electron chi connectivity index (χ3n) is 4.52. The molecular weight excluding hydrogens is 388 g/mol. The lowest BCUT2D eigenvalue weighted by Gasteiger charge is -2.30. The van der Waals surface area contributed by atoms with E-state index >= 15 is 0 Å². The zero-order chi connectivity index (χ0) is 21.9. The van der Waals surface area contributed by atoms with Crippen LogP contribution in [-0.2, 0) is 14.3 Å². The van der Waals surface area contributed by atoms with E-state index in [9.17, 15) is 14.7 Å². The Morgan fingerprint density at radius 2 is 1.67 bits per heavy atom. The summed E-state index contributed by atoms with van der Waals surface area (Å²) in [4.78, 5) is 24.6. The summed E-state index contributed by atoms with van der Waals surface area (Å²) in [7, 11) is 1.56. The van der Waals surface area contributed by atoms with Crippen LogP contribution in [0.5, 0.6) is 5.75 Å². The molecule has 0 spiro atoms. The average molecular weight is 414 g/mol. The molecule has 3 atom stereocenters. The molecule has 3 rings (SSSR count).